The van der Waals surface area contributed by atoms with Crippen LogP contribution >= 0.6 is 12.2 Å². The van der Waals surface area contributed by atoms with Crippen molar-refractivity contribution in [2.75, 3.05) is 12.8 Å². The second-order valence-corrected chi connectivity index (χ2v) is 5.93. The Morgan fingerprint density at radius 3 is 2.54 bits per heavy atom. The van der Waals surface area contributed by atoms with Gasteiger partial charge >= 0.3 is 12.1 Å². The van der Waals surface area contributed by atoms with E-state index in [4.69, 9.17) is 18.0 Å². The molecule has 4 nitrogen and oxygen atoms in total. The number of nitrogens with two attached hydrogens (primary N) is 1. The van der Waals surface area contributed by atoms with Gasteiger partial charge in [0.05, 0.1) is 25.1 Å². The average Bonchev–Trinajstić information content (AvgIpc) is 2.60. The van der Waals surface area contributed by atoms with E-state index in [0.717, 1.165) is 12.1 Å². The first kappa shape index (κ1) is 19.7. The first-order valence-electron chi connectivity index (χ1n) is 7.61. The summed E-state index contributed by atoms with van der Waals surface area (Å²) in [5, 5.41) is 2.92. The standard InChI is InChI=1S/C18H17F3N2O2S/c1-25-16(24)10-15(11-5-4-6-12(9-11)18(19,20)21)23-17(26)13-7-2-3-8-14(13)22/h2-9,15H,10,22H2,1H3,(H,23,26). The number of rotatable bonds is 5. The normalized spacial score (nSPS) is 12.3. The third-order valence-electron chi connectivity index (χ3n) is 3.73. The molecule has 0 fully saturated rings. The SMILES string of the molecule is COC(=O)CC(NC(=S)c1ccccc1N)c1cccc(C(F)(F)F)c1. The fourth-order valence-electron chi connectivity index (χ4n) is 2.37. The number of alkyl halides is 3. The predicted octanol–water partition coefficient (Wildman–Crippen LogP) is 3.86. The number of hydrogen-bond acceptors (Lipinski definition) is 4. The first-order valence-corrected chi connectivity index (χ1v) is 8.02. The molecule has 0 amide bonds. The number of carbonyl (C=O) groups is 1. The Morgan fingerprint density at radius 1 is 1.23 bits per heavy atom. The van der Waals surface area contributed by atoms with Gasteiger partial charge in [-0.3, -0.25) is 4.79 Å². The number of ether oxygens (including phenoxy) is 1. The lowest BCUT2D eigenvalue weighted by atomic mass is 10.0. The van der Waals surface area contributed by atoms with Gasteiger partial charge in [-0.15, -0.1) is 0 Å². The second kappa shape index (κ2) is 8.18. The van der Waals surface area contributed by atoms with Gasteiger partial charge in [-0.2, -0.15) is 13.2 Å². The van der Waals surface area contributed by atoms with Crippen LogP contribution in [0.1, 0.15) is 29.2 Å². The van der Waals surface area contributed by atoms with Gasteiger partial charge in [0.1, 0.15) is 4.99 Å². The van der Waals surface area contributed by atoms with Crippen LogP contribution in [0.15, 0.2) is 48.5 Å². The van der Waals surface area contributed by atoms with Gasteiger partial charge in [-0.1, -0.05) is 36.5 Å². The molecule has 2 aromatic carbocycles. The summed E-state index contributed by atoms with van der Waals surface area (Å²) in [6.07, 6.45) is -4.68. The molecule has 0 aromatic heterocycles. The third-order valence-corrected chi connectivity index (χ3v) is 4.06. The minimum atomic E-state index is -4.49. The highest BCUT2D eigenvalue weighted by molar-refractivity contribution is 7.80. The van der Waals surface area contributed by atoms with Gasteiger partial charge in [-0.25, -0.2) is 0 Å². The highest BCUT2D eigenvalue weighted by Gasteiger charge is 2.31. The minimum Gasteiger partial charge on any atom is -0.469 e. The van der Waals surface area contributed by atoms with Crippen LogP contribution in [0.2, 0.25) is 0 Å². The Kier molecular flexibility index (Phi) is 6.20. The summed E-state index contributed by atoms with van der Waals surface area (Å²) in [7, 11) is 1.21. The number of anilines is 1. The van der Waals surface area contributed by atoms with E-state index in [1.165, 1.54) is 19.2 Å². The summed E-state index contributed by atoms with van der Waals surface area (Å²) in [6.45, 7) is 0. The fourth-order valence-corrected chi connectivity index (χ4v) is 2.70. The van der Waals surface area contributed by atoms with E-state index < -0.39 is 23.8 Å². The van der Waals surface area contributed by atoms with Crippen molar-refractivity contribution in [1.82, 2.24) is 5.32 Å². The zero-order valence-electron chi connectivity index (χ0n) is 13.8. The topological polar surface area (TPSA) is 64.3 Å². The summed E-state index contributed by atoms with van der Waals surface area (Å²) in [5.41, 5.74) is 6.29. The third kappa shape index (κ3) is 4.95. The number of hydrogen-bond donors (Lipinski definition) is 2. The predicted molar refractivity (Wildman–Crippen MR) is 96.5 cm³/mol. The number of esters is 1. The quantitative estimate of drug-likeness (QED) is 0.467. The molecule has 0 spiro atoms. The molecule has 0 saturated heterocycles. The van der Waals surface area contributed by atoms with E-state index in [1.54, 1.807) is 24.3 Å². The molecule has 1 unspecified atom stereocenters. The Labute approximate surface area is 154 Å². The maximum atomic E-state index is 13.0. The summed E-state index contributed by atoms with van der Waals surface area (Å²) < 4.78 is 43.6. The molecule has 2 rings (SSSR count). The molecular weight excluding hydrogens is 365 g/mol. The van der Waals surface area contributed by atoms with Gasteiger partial charge in [-0.05, 0) is 29.8 Å². The van der Waals surface area contributed by atoms with E-state index in [1.807, 2.05) is 0 Å². The number of nitrogens with one attached hydrogen (secondary N) is 1. The highest BCUT2D eigenvalue weighted by Crippen LogP contribution is 2.31. The number of benzene rings is 2. The number of nitrogen functional groups attached to an aromatic ring is 1. The molecule has 0 aliphatic rings. The molecule has 0 heterocycles. The lowest BCUT2D eigenvalue weighted by Gasteiger charge is -2.21. The van der Waals surface area contributed by atoms with E-state index in [9.17, 15) is 18.0 Å². The van der Waals surface area contributed by atoms with E-state index in [-0.39, 0.29) is 17.0 Å². The van der Waals surface area contributed by atoms with Crippen molar-refractivity contribution in [1.29, 1.82) is 0 Å². The van der Waals surface area contributed by atoms with Crippen molar-refractivity contribution in [2.24, 2.45) is 0 Å². The monoisotopic (exact) mass is 382 g/mol. The lowest BCUT2D eigenvalue weighted by molar-refractivity contribution is -0.141. The van der Waals surface area contributed by atoms with Gasteiger partial charge < -0.3 is 15.8 Å². The molecule has 0 saturated carbocycles. The number of para-hydroxylation sites is 1. The summed E-state index contributed by atoms with van der Waals surface area (Å²) in [6, 6.07) is 10.7. The van der Waals surface area contributed by atoms with Crippen molar-refractivity contribution in [3.05, 3.63) is 65.2 Å². The van der Waals surface area contributed by atoms with Crippen LogP contribution in [0.25, 0.3) is 0 Å². The molecule has 138 valence electrons. The Balaban J connectivity index is 2.34. The molecular formula is C18H17F3N2O2S. The lowest BCUT2D eigenvalue weighted by Crippen LogP contribution is -2.30. The molecule has 0 aliphatic carbocycles. The second-order valence-electron chi connectivity index (χ2n) is 5.52. The largest absolute Gasteiger partial charge is 0.469 e. The zero-order chi connectivity index (χ0) is 19.3. The van der Waals surface area contributed by atoms with E-state index >= 15 is 0 Å². The van der Waals surface area contributed by atoms with Crippen molar-refractivity contribution in [3.8, 4) is 0 Å². The number of methoxy groups -OCH3 is 1. The molecule has 1 atom stereocenters. The molecule has 3 N–H and O–H groups in total. The molecule has 0 bridgehead atoms. The van der Waals surface area contributed by atoms with Crippen LogP contribution in [0.5, 0.6) is 0 Å². The molecule has 0 radical (unpaired) electrons. The molecule has 2 aromatic rings. The number of halogens is 3. The summed E-state index contributed by atoms with van der Waals surface area (Å²) in [4.78, 5) is 11.9. The Bertz CT molecular complexity index is 809. The van der Waals surface area contributed by atoms with E-state index in [0.29, 0.717) is 11.3 Å². The fraction of sp³-hybridized carbons (Fsp3) is 0.222. The maximum Gasteiger partial charge on any atom is 0.416 e. The summed E-state index contributed by atoms with van der Waals surface area (Å²) >= 11 is 5.31. The van der Waals surface area contributed by atoms with E-state index in [2.05, 4.69) is 10.1 Å². The van der Waals surface area contributed by atoms with Crippen molar-refractivity contribution < 1.29 is 22.7 Å². The van der Waals surface area contributed by atoms with Crippen LogP contribution in [0.3, 0.4) is 0 Å². The van der Waals surface area contributed by atoms with Crippen molar-refractivity contribution >= 4 is 28.9 Å². The van der Waals surface area contributed by atoms with Crippen molar-refractivity contribution in [2.45, 2.75) is 18.6 Å². The Hall–Kier alpha value is -2.61. The maximum absolute atomic E-state index is 13.0. The van der Waals surface area contributed by atoms with Crippen LogP contribution in [0, 0.1) is 0 Å². The van der Waals surface area contributed by atoms with Crippen molar-refractivity contribution in [3.63, 3.8) is 0 Å². The minimum absolute atomic E-state index is 0.190. The Morgan fingerprint density at radius 2 is 1.92 bits per heavy atom. The average molecular weight is 382 g/mol. The highest BCUT2D eigenvalue weighted by atomic mass is 32.1. The van der Waals surface area contributed by atoms with Crippen LogP contribution < -0.4 is 11.1 Å². The molecule has 0 aliphatic heterocycles. The van der Waals surface area contributed by atoms with Crippen LogP contribution in [-0.2, 0) is 15.7 Å². The summed E-state index contributed by atoms with van der Waals surface area (Å²) in [5.74, 6) is -0.580. The van der Waals surface area contributed by atoms with Crippen LogP contribution in [-0.4, -0.2) is 18.1 Å². The number of carbonyl (C=O) groups excluding carboxylic acids is 1. The van der Waals surface area contributed by atoms with Crippen LogP contribution in [0.4, 0.5) is 18.9 Å². The molecule has 26 heavy (non-hydrogen) atoms. The van der Waals surface area contributed by atoms with Gasteiger partial charge in [0.15, 0.2) is 0 Å². The number of thiocarbonyl (C=S) groups is 1. The first-order chi connectivity index (χ1) is 12.2. The smallest absolute Gasteiger partial charge is 0.416 e. The van der Waals surface area contributed by atoms with Gasteiger partial charge in [0.2, 0.25) is 0 Å². The molecule has 8 heteroatoms. The zero-order valence-corrected chi connectivity index (χ0v) is 14.7. The van der Waals surface area contributed by atoms with Gasteiger partial charge in [0, 0.05) is 11.3 Å². The van der Waals surface area contributed by atoms with Gasteiger partial charge in [0.25, 0.3) is 0 Å².